The van der Waals surface area contributed by atoms with Crippen LogP contribution in [-0.4, -0.2) is 55.8 Å². The van der Waals surface area contributed by atoms with Crippen LogP contribution in [0.25, 0.3) is 0 Å². The van der Waals surface area contributed by atoms with E-state index in [-0.39, 0.29) is 12.4 Å². The first-order valence-electron chi connectivity index (χ1n) is 5.69. The highest BCUT2D eigenvalue weighted by Crippen LogP contribution is 2.02. The van der Waals surface area contributed by atoms with Crippen molar-refractivity contribution in [3.8, 4) is 0 Å². The lowest BCUT2D eigenvalue weighted by Crippen LogP contribution is -2.31. The van der Waals surface area contributed by atoms with Crippen molar-refractivity contribution in [2.24, 2.45) is 0 Å². The maximum atomic E-state index is 9.19. The molecule has 0 fully saturated rings. The minimum atomic E-state index is -0.285. The van der Waals surface area contributed by atoms with Gasteiger partial charge in [-0.2, -0.15) is 0 Å². The molecule has 0 amide bonds. The third-order valence-corrected chi connectivity index (χ3v) is 2.03. The Kier molecular flexibility index (Phi) is 9.00. The molecule has 0 aliphatic carbocycles. The summed E-state index contributed by atoms with van der Waals surface area (Å²) in [7, 11) is 1.99. The molecule has 0 aliphatic heterocycles. The molecule has 0 radical (unpaired) electrons. The van der Waals surface area contributed by atoms with Gasteiger partial charge in [0.15, 0.2) is 6.29 Å². The minimum absolute atomic E-state index is 0.114. The number of aliphatic hydroxyl groups excluding tert-OH is 1. The number of likely N-dealkylation sites (N-methyl/N-ethyl adjacent to an activating group) is 1. The van der Waals surface area contributed by atoms with Gasteiger partial charge in [0.25, 0.3) is 0 Å². The first-order valence-corrected chi connectivity index (χ1v) is 5.69. The van der Waals surface area contributed by atoms with E-state index >= 15 is 0 Å². The Morgan fingerprint density at radius 2 is 1.73 bits per heavy atom. The molecule has 15 heavy (non-hydrogen) atoms. The van der Waals surface area contributed by atoms with Crippen LogP contribution in [0.15, 0.2) is 0 Å². The zero-order chi connectivity index (χ0) is 11.7. The lowest BCUT2D eigenvalue weighted by atomic mass is 10.3. The molecule has 0 aromatic heterocycles. The molecule has 0 saturated carbocycles. The van der Waals surface area contributed by atoms with Crippen molar-refractivity contribution in [3.05, 3.63) is 0 Å². The summed E-state index contributed by atoms with van der Waals surface area (Å²) in [6, 6.07) is 0. The average Bonchev–Trinajstić information content (AvgIpc) is 2.14. The van der Waals surface area contributed by atoms with Gasteiger partial charge in [0, 0.05) is 32.7 Å². The Hall–Kier alpha value is -0.160. The van der Waals surface area contributed by atoms with E-state index in [0.29, 0.717) is 19.8 Å². The van der Waals surface area contributed by atoms with Crippen molar-refractivity contribution >= 4 is 0 Å². The predicted molar refractivity (Wildman–Crippen MR) is 60.8 cm³/mol. The highest BCUT2D eigenvalue weighted by molar-refractivity contribution is 4.57. The summed E-state index contributed by atoms with van der Waals surface area (Å²) in [5, 5.41) is 9.19. The molecular formula is C11H25NO3. The van der Waals surface area contributed by atoms with E-state index in [1.165, 1.54) is 0 Å². The van der Waals surface area contributed by atoms with E-state index in [1.54, 1.807) is 6.92 Å². The Balaban J connectivity index is 3.67. The van der Waals surface area contributed by atoms with Crippen LogP contribution < -0.4 is 0 Å². The topological polar surface area (TPSA) is 41.9 Å². The fourth-order valence-corrected chi connectivity index (χ4v) is 1.45. The largest absolute Gasteiger partial charge is 0.392 e. The first-order chi connectivity index (χ1) is 7.10. The van der Waals surface area contributed by atoms with Gasteiger partial charge in [-0.25, -0.2) is 0 Å². The van der Waals surface area contributed by atoms with Crippen LogP contribution in [0.5, 0.6) is 0 Å². The second-order valence-corrected chi connectivity index (χ2v) is 3.74. The molecule has 1 N–H and O–H groups in total. The standard InChI is InChI=1S/C11H25NO3/c1-5-14-11(15-6-2)7-8-12(4)9-10(3)13/h10-11,13H,5-9H2,1-4H3. The zero-order valence-corrected chi connectivity index (χ0v) is 10.4. The summed E-state index contributed by atoms with van der Waals surface area (Å²) in [6.45, 7) is 8.62. The summed E-state index contributed by atoms with van der Waals surface area (Å²) >= 11 is 0. The second-order valence-electron chi connectivity index (χ2n) is 3.74. The second kappa shape index (κ2) is 9.09. The molecule has 92 valence electrons. The monoisotopic (exact) mass is 219 g/mol. The van der Waals surface area contributed by atoms with Gasteiger partial charge < -0.3 is 19.5 Å². The Labute approximate surface area is 93.2 Å². The van der Waals surface area contributed by atoms with Crippen LogP contribution in [0, 0.1) is 0 Å². The van der Waals surface area contributed by atoms with Gasteiger partial charge in [-0.05, 0) is 27.8 Å². The van der Waals surface area contributed by atoms with E-state index in [4.69, 9.17) is 9.47 Å². The lowest BCUT2D eigenvalue weighted by molar-refractivity contribution is -0.141. The molecule has 1 unspecified atom stereocenters. The van der Waals surface area contributed by atoms with Crippen LogP contribution in [0.4, 0.5) is 0 Å². The number of hydrogen-bond acceptors (Lipinski definition) is 4. The molecule has 0 rings (SSSR count). The summed E-state index contributed by atoms with van der Waals surface area (Å²) in [6.07, 6.45) is 0.439. The minimum Gasteiger partial charge on any atom is -0.392 e. The van der Waals surface area contributed by atoms with E-state index in [9.17, 15) is 5.11 Å². The third-order valence-electron chi connectivity index (χ3n) is 2.03. The predicted octanol–water partition coefficient (Wildman–Crippen LogP) is 1.09. The SMILES string of the molecule is CCOC(CCN(C)CC(C)O)OCC. The number of rotatable bonds is 9. The molecule has 0 heterocycles. The van der Waals surface area contributed by atoms with Crippen molar-refractivity contribution in [3.63, 3.8) is 0 Å². The maximum absolute atomic E-state index is 9.19. The summed E-state index contributed by atoms with van der Waals surface area (Å²) < 4.78 is 10.9. The van der Waals surface area contributed by atoms with Crippen LogP contribution in [0.2, 0.25) is 0 Å². The molecule has 0 bridgehead atoms. The number of nitrogens with zero attached hydrogens (tertiary/aromatic N) is 1. The van der Waals surface area contributed by atoms with Gasteiger partial charge in [-0.1, -0.05) is 0 Å². The zero-order valence-electron chi connectivity index (χ0n) is 10.4. The first kappa shape index (κ1) is 14.8. The number of ether oxygens (including phenoxy) is 2. The smallest absolute Gasteiger partial charge is 0.158 e. The summed E-state index contributed by atoms with van der Waals surface area (Å²) in [4.78, 5) is 2.08. The molecule has 1 atom stereocenters. The fourth-order valence-electron chi connectivity index (χ4n) is 1.45. The van der Waals surface area contributed by atoms with Gasteiger partial charge >= 0.3 is 0 Å². The van der Waals surface area contributed by atoms with Crippen molar-refractivity contribution < 1.29 is 14.6 Å². The van der Waals surface area contributed by atoms with Gasteiger partial charge in [0.1, 0.15) is 0 Å². The molecular weight excluding hydrogens is 194 g/mol. The maximum Gasteiger partial charge on any atom is 0.158 e. The molecule has 4 nitrogen and oxygen atoms in total. The van der Waals surface area contributed by atoms with Crippen LogP contribution in [0.3, 0.4) is 0 Å². The van der Waals surface area contributed by atoms with Gasteiger partial charge in [0.2, 0.25) is 0 Å². The lowest BCUT2D eigenvalue weighted by Gasteiger charge is -2.22. The number of hydrogen-bond donors (Lipinski definition) is 1. The Morgan fingerprint density at radius 3 is 2.13 bits per heavy atom. The third kappa shape index (κ3) is 8.81. The normalized spacial score (nSPS) is 13.8. The molecule has 0 aliphatic rings. The van der Waals surface area contributed by atoms with E-state index in [1.807, 2.05) is 20.9 Å². The Morgan fingerprint density at radius 1 is 1.20 bits per heavy atom. The van der Waals surface area contributed by atoms with Gasteiger partial charge in [0.05, 0.1) is 6.10 Å². The van der Waals surface area contributed by atoms with Crippen LogP contribution in [0.1, 0.15) is 27.2 Å². The van der Waals surface area contributed by atoms with Crippen molar-refractivity contribution in [2.75, 3.05) is 33.4 Å². The molecule has 0 aromatic rings. The molecule has 0 aromatic carbocycles. The van der Waals surface area contributed by atoms with E-state index in [0.717, 1.165) is 13.0 Å². The number of aliphatic hydroxyl groups is 1. The van der Waals surface area contributed by atoms with Crippen molar-refractivity contribution in [1.29, 1.82) is 0 Å². The molecule has 0 spiro atoms. The quantitative estimate of drug-likeness (QED) is 0.589. The highest BCUT2D eigenvalue weighted by Gasteiger charge is 2.10. The van der Waals surface area contributed by atoms with Crippen molar-refractivity contribution in [2.45, 2.75) is 39.6 Å². The summed E-state index contributed by atoms with van der Waals surface area (Å²) in [5.41, 5.74) is 0. The van der Waals surface area contributed by atoms with E-state index in [2.05, 4.69) is 4.90 Å². The summed E-state index contributed by atoms with van der Waals surface area (Å²) in [5.74, 6) is 0. The molecule has 4 heteroatoms. The fraction of sp³-hybridized carbons (Fsp3) is 1.00. The average molecular weight is 219 g/mol. The van der Waals surface area contributed by atoms with Crippen molar-refractivity contribution in [1.82, 2.24) is 4.90 Å². The van der Waals surface area contributed by atoms with E-state index < -0.39 is 0 Å². The Bertz CT molecular complexity index is 136. The molecule has 0 saturated heterocycles. The van der Waals surface area contributed by atoms with Gasteiger partial charge in [-0.15, -0.1) is 0 Å². The van der Waals surface area contributed by atoms with Gasteiger partial charge in [-0.3, -0.25) is 0 Å². The van der Waals surface area contributed by atoms with Crippen LogP contribution in [-0.2, 0) is 9.47 Å². The van der Waals surface area contributed by atoms with Crippen LogP contribution >= 0.6 is 0 Å². The highest BCUT2D eigenvalue weighted by atomic mass is 16.7.